The Labute approximate surface area is 325 Å². The molecule has 8 rings (SSSR count). The highest BCUT2D eigenvalue weighted by atomic mass is 16.3. The van der Waals surface area contributed by atoms with E-state index < -0.39 is 35.1 Å². The van der Waals surface area contributed by atoms with Gasteiger partial charge in [0.25, 0.3) is 0 Å². The van der Waals surface area contributed by atoms with Crippen molar-refractivity contribution in [2.75, 3.05) is 0 Å². The summed E-state index contributed by atoms with van der Waals surface area (Å²) in [6, 6.07) is 61.5. The molecule has 0 aliphatic rings. The minimum absolute atomic E-state index is 0.529. The van der Waals surface area contributed by atoms with E-state index in [2.05, 4.69) is 10.6 Å². The first-order valence-corrected chi connectivity index (χ1v) is 18.6. The third-order valence-electron chi connectivity index (χ3n) is 10.7. The number of carbonyl (C=O) groups is 2. The van der Waals surface area contributed by atoms with Gasteiger partial charge in [0.15, 0.2) is 0 Å². The van der Waals surface area contributed by atoms with E-state index >= 15 is 0 Å². The normalized spacial score (nSPS) is 12.8. The molecule has 0 heterocycles. The molecule has 8 aromatic rings. The number of hydrogen-bond donors (Lipinski definition) is 4. The predicted molar refractivity (Wildman–Crippen MR) is 221 cm³/mol. The maximum atomic E-state index is 14.6. The molecule has 6 nitrogen and oxygen atoms in total. The third-order valence-corrected chi connectivity index (χ3v) is 10.7. The van der Waals surface area contributed by atoms with Crippen LogP contribution in [0, 0.1) is 0 Å². The lowest BCUT2D eigenvalue weighted by molar-refractivity contribution is -0.142. The number of amides is 2. The maximum absolute atomic E-state index is 14.6. The Kier molecular flexibility index (Phi) is 9.99. The Bertz CT molecular complexity index is 2350. The van der Waals surface area contributed by atoms with Crippen LogP contribution in [0.1, 0.15) is 45.5 Å². The van der Waals surface area contributed by atoms with Gasteiger partial charge >= 0.3 is 11.8 Å². The second-order valence-corrected chi connectivity index (χ2v) is 14.0. The van der Waals surface area contributed by atoms with Crippen LogP contribution in [0.25, 0.3) is 21.5 Å². The van der Waals surface area contributed by atoms with Crippen molar-refractivity contribution in [2.45, 2.75) is 23.3 Å². The average Bonchev–Trinajstić information content (AvgIpc) is 3.27. The van der Waals surface area contributed by atoms with E-state index in [-0.39, 0.29) is 0 Å². The molecule has 4 N–H and O–H groups in total. The largest absolute Gasteiger partial charge is 0.378 e. The van der Waals surface area contributed by atoms with Gasteiger partial charge in [-0.15, -0.1) is 0 Å². The molecule has 274 valence electrons. The van der Waals surface area contributed by atoms with Crippen molar-refractivity contribution in [1.82, 2.24) is 10.6 Å². The molecular weight excluding hydrogens is 693 g/mol. The van der Waals surface area contributed by atoms with Gasteiger partial charge in [0.05, 0.1) is 12.1 Å². The highest BCUT2D eigenvalue weighted by Crippen LogP contribution is 2.44. The summed E-state index contributed by atoms with van der Waals surface area (Å²) in [4.78, 5) is 29.1. The van der Waals surface area contributed by atoms with Gasteiger partial charge in [-0.3, -0.25) is 9.59 Å². The summed E-state index contributed by atoms with van der Waals surface area (Å²) < 4.78 is 0. The number of fused-ring (bicyclic) bond motifs is 2. The summed E-state index contributed by atoms with van der Waals surface area (Å²) in [6.45, 7) is 0. The van der Waals surface area contributed by atoms with Crippen LogP contribution in [-0.4, -0.2) is 22.0 Å². The van der Waals surface area contributed by atoms with Crippen LogP contribution in [0.4, 0.5) is 0 Å². The van der Waals surface area contributed by atoms with E-state index in [1.54, 1.807) is 0 Å². The minimum Gasteiger partial charge on any atom is -0.378 e. The van der Waals surface area contributed by atoms with Crippen molar-refractivity contribution in [3.05, 3.63) is 240 Å². The molecule has 56 heavy (non-hydrogen) atoms. The van der Waals surface area contributed by atoms with Crippen LogP contribution in [0.15, 0.2) is 206 Å². The number of nitrogens with one attached hydrogen (secondary N) is 2. The van der Waals surface area contributed by atoms with Gasteiger partial charge in [-0.1, -0.05) is 194 Å². The van der Waals surface area contributed by atoms with Crippen LogP contribution in [-0.2, 0) is 20.8 Å². The van der Waals surface area contributed by atoms with E-state index in [0.29, 0.717) is 33.4 Å². The molecule has 0 aromatic heterocycles. The van der Waals surface area contributed by atoms with Crippen LogP contribution in [0.5, 0.6) is 0 Å². The van der Waals surface area contributed by atoms with Crippen molar-refractivity contribution in [2.24, 2.45) is 0 Å². The zero-order chi connectivity index (χ0) is 38.5. The maximum Gasteiger partial charge on any atom is 0.309 e. The number of hydrogen-bond acceptors (Lipinski definition) is 4. The van der Waals surface area contributed by atoms with E-state index in [4.69, 9.17) is 0 Å². The minimum atomic E-state index is -1.81. The molecule has 0 saturated carbocycles. The quantitative estimate of drug-likeness (QED) is 0.106. The first-order chi connectivity index (χ1) is 27.4. The fourth-order valence-corrected chi connectivity index (χ4v) is 7.79. The number of aliphatic hydroxyl groups is 2. The topological polar surface area (TPSA) is 98.7 Å². The van der Waals surface area contributed by atoms with Gasteiger partial charge < -0.3 is 20.8 Å². The molecule has 0 aliphatic heterocycles. The summed E-state index contributed by atoms with van der Waals surface area (Å²) in [5.41, 5.74) is -0.319. The van der Waals surface area contributed by atoms with Crippen molar-refractivity contribution in [3.63, 3.8) is 0 Å². The summed E-state index contributed by atoms with van der Waals surface area (Å²) in [6.07, 6.45) is 0. The van der Waals surface area contributed by atoms with Gasteiger partial charge in [-0.05, 0) is 67.1 Å². The molecule has 0 aliphatic carbocycles. The van der Waals surface area contributed by atoms with E-state index in [1.165, 1.54) is 0 Å². The van der Waals surface area contributed by atoms with Crippen molar-refractivity contribution < 1.29 is 19.8 Å². The fraction of sp³-hybridized carbons (Fsp3) is 0.0800. The highest BCUT2D eigenvalue weighted by Gasteiger charge is 2.45. The average molecular weight is 733 g/mol. The lowest BCUT2D eigenvalue weighted by Gasteiger charge is -2.39. The Morgan fingerprint density at radius 1 is 0.357 bits per heavy atom. The molecule has 0 bridgehead atoms. The molecule has 0 spiro atoms. The van der Waals surface area contributed by atoms with Crippen molar-refractivity contribution in [1.29, 1.82) is 0 Å². The van der Waals surface area contributed by atoms with E-state index in [9.17, 15) is 19.8 Å². The van der Waals surface area contributed by atoms with Crippen LogP contribution >= 0.6 is 0 Å². The van der Waals surface area contributed by atoms with E-state index in [0.717, 1.165) is 21.5 Å². The number of benzene rings is 8. The lowest BCUT2D eigenvalue weighted by atomic mass is 9.76. The monoisotopic (exact) mass is 732 g/mol. The van der Waals surface area contributed by atoms with Gasteiger partial charge in [0.1, 0.15) is 11.2 Å². The molecule has 2 unspecified atom stereocenters. The summed E-state index contributed by atoms with van der Waals surface area (Å²) >= 11 is 0. The second-order valence-electron chi connectivity index (χ2n) is 14.0. The first kappa shape index (κ1) is 36.1. The molecule has 8 aromatic carbocycles. The predicted octanol–water partition coefficient (Wildman–Crippen LogP) is 8.88. The van der Waals surface area contributed by atoms with Gasteiger partial charge in [0, 0.05) is 0 Å². The smallest absolute Gasteiger partial charge is 0.309 e. The molecule has 2 amide bonds. The fourth-order valence-electron chi connectivity index (χ4n) is 7.79. The first-order valence-electron chi connectivity index (χ1n) is 18.6. The SMILES string of the molecule is O=C(NC(c1ccc2ccccc2c1)C(O)(c1ccccc1)c1ccccc1)C(=O)NC(c1ccc2ccccc2c1)C(O)(c1ccccc1)c1ccccc1. The number of rotatable bonds is 10. The van der Waals surface area contributed by atoms with Crippen LogP contribution in [0.3, 0.4) is 0 Å². The Morgan fingerprint density at radius 2 is 0.625 bits per heavy atom. The standard InChI is InChI=1S/C50H40N2O4/c53-47(51-45(39-31-29-35-17-13-15-19-37(35)33-39)49(55,41-21-5-1-6-22-41)42-23-7-2-8-24-42)48(54)52-46(40-32-30-36-18-14-16-20-38(36)34-40)50(56,43-25-9-3-10-26-43)44-27-11-4-12-28-44/h1-34,45-46,55-56H,(H,51,53)(H,52,54). The van der Waals surface area contributed by atoms with Gasteiger partial charge in [-0.2, -0.15) is 0 Å². The number of carbonyl (C=O) groups excluding carboxylic acids is 2. The van der Waals surface area contributed by atoms with Gasteiger partial charge in [-0.25, -0.2) is 0 Å². The Balaban J connectivity index is 1.25. The zero-order valence-electron chi connectivity index (χ0n) is 30.5. The molecule has 0 radical (unpaired) electrons. The van der Waals surface area contributed by atoms with Crippen LogP contribution < -0.4 is 10.6 Å². The highest BCUT2D eigenvalue weighted by molar-refractivity contribution is 6.35. The van der Waals surface area contributed by atoms with Crippen LogP contribution in [0.2, 0.25) is 0 Å². The van der Waals surface area contributed by atoms with Gasteiger partial charge in [0.2, 0.25) is 0 Å². The summed E-state index contributed by atoms with van der Waals surface area (Å²) in [7, 11) is 0. The molecule has 0 fully saturated rings. The molecule has 2 atom stereocenters. The summed E-state index contributed by atoms with van der Waals surface area (Å²) in [5, 5.41) is 35.9. The van der Waals surface area contributed by atoms with Crippen molar-refractivity contribution >= 4 is 33.4 Å². The summed E-state index contributed by atoms with van der Waals surface area (Å²) in [5.74, 6) is -1.97. The van der Waals surface area contributed by atoms with E-state index in [1.807, 2.05) is 206 Å². The second kappa shape index (κ2) is 15.5. The lowest BCUT2D eigenvalue weighted by Crippen LogP contribution is -2.52. The third kappa shape index (κ3) is 6.84. The van der Waals surface area contributed by atoms with Crippen molar-refractivity contribution in [3.8, 4) is 0 Å². The molecule has 0 saturated heterocycles. The molecule has 6 heteroatoms. The Hall–Kier alpha value is -6.86. The Morgan fingerprint density at radius 3 is 0.929 bits per heavy atom. The molecular formula is C50H40N2O4. The zero-order valence-corrected chi connectivity index (χ0v) is 30.5.